The second kappa shape index (κ2) is 10.6. The van der Waals surface area contributed by atoms with Gasteiger partial charge in [0.05, 0.1) is 11.6 Å². The molecule has 7 rings (SSSR count). The summed E-state index contributed by atoms with van der Waals surface area (Å²) in [6.07, 6.45) is 1.65. The maximum absolute atomic E-state index is 9.25. The molecule has 0 aliphatic heterocycles. The molecule has 0 aliphatic rings. The van der Waals surface area contributed by atoms with Crippen LogP contribution in [-0.2, 0) is 12.8 Å². The lowest BCUT2D eigenvalue weighted by atomic mass is 9.85. The van der Waals surface area contributed by atoms with E-state index in [9.17, 15) is 5.26 Å². The van der Waals surface area contributed by atoms with Crippen LogP contribution in [0.5, 0.6) is 0 Å². The highest BCUT2D eigenvalue weighted by Crippen LogP contribution is 2.41. The van der Waals surface area contributed by atoms with Crippen molar-refractivity contribution in [2.75, 3.05) is 0 Å². The highest BCUT2D eigenvalue weighted by atomic mass is 32.1. The van der Waals surface area contributed by atoms with Crippen molar-refractivity contribution in [2.45, 2.75) is 17.7 Å². The van der Waals surface area contributed by atoms with Crippen LogP contribution in [0, 0.1) is 11.3 Å². The molecular weight excluding hydrogens is 515 g/mol. The number of benzene rings is 7. The van der Waals surface area contributed by atoms with Gasteiger partial charge in [-0.2, -0.15) is 5.26 Å². The van der Waals surface area contributed by atoms with Gasteiger partial charge in [0.25, 0.3) is 0 Å². The minimum Gasteiger partial charge on any atom is -0.192 e. The summed E-state index contributed by atoms with van der Waals surface area (Å²) in [5.74, 6) is 0. The molecule has 0 aromatic heterocycles. The summed E-state index contributed by atoms with van der Waals surface area (Å²) in [5, 5.41) is 16.8. The Labute approximate surface area is 245 Å². The van der Waals surface area contributed by atoms with Gasteiger partial charge in [-0.3, -0.25) is 0 Å². The third-order valence-electron chi connectivity index (χ3n) is 8.05. The normalized spacial score (nSPS) is 11.2. The van der Waals surface area contributed by atoms with Crippen LogP contribution in [0.25, 0.3) is 43.4 Å². The molecule has 0 bridgehead atoms. The molecule has 0 spiro atoms. The summed E-state index contributed by atoms with van der Waals surface area (Å²) in [6, 6.07) is 49.9. The van der Waals surface area contributed by atoms with Crippen molar-refractivity contribution in [1.82, 2.24) is 0 Å². The van der Waals surface area contributed by atoms with E-state index in [1.54, 1.807) is 0 Å². The predicted molar refractivity (Wildman–Crippen MR) is 175 cm³/mol. The number of fused-ring (bicyclic) bond motifs is 3. The summed E-state index contributed by atoms with van der Waals surface area (Å²) < 4.78 is 0. The van der Waals surface area contributed by atoms with Crippen molar-refractivity contribution in [3.63, 3.8) is 0 Å². The molecule has 0 amide bonds. The molecule has 0 unspecified atom stereocenters. The van der Waals surface area contributed by atoms with Crippen LogP contribution in [0.15, 0.2) is 138 Å². The molecule has 0 fully saturated rings. The van der Waals surface area contributed by atoms with Crippen molar-refractivity contribution in [3.05, 3.63) is 161 Å². The van der Waals surface area contributed by atoms with Crippen molar-refractivity contribution >= 4 is 44.9 Å². The van der Waals surface area contributed by atoms with Gasteiger partial charge >= 0.3 is 0 Å². The fourth-order valence-electron chi connectivity index (χ4n) is 6.01. The molecule has 7 aromatic rings. The minimum atomic E-state index is 0.687. The Morgan fingerprint density at radius 1 is 0.512 bits per heavy atom. The molecule has 41 heavy (non-hydrogen) atoms. The lowest BCUT2D eigenvalue weighted by molar-refractivity contribution is 1.18. The van der Waals surface area contributed by atoms with Gasteiger partial charge in [0.15, 0.2) is 0 Å². The smallest absolute Gasteiger partial charge is 0.0991 e. The first-order chi connectivity index (χ1) is 20.2. The second-order valence-electron chi connectivity index (χ2n) is 10.7. The van der Waals surface area contributed by atoms with Crippen molar-refractivity contribution in [1.29, 1.82) is 5.26 Å². The Bertz CT molecular complexity index is 2100. The third-order valence-corrected chi connectivity index (χ3v) is 8.35. The van der Waals surface area contributed by atoms with Crippen molar-refractivity contribution < 1.29 is 0 Å². The monoisotopic (exact) mass is 541 g/mol. The lowest BCUT2D eigenvalue weighted by Crippen LogP contribution is -1.96. The van der Waals surface area contributed by atoms with Gasteiger partial charge in [-0.25, -0.2) is 0 Å². The first-order valence-electron chi connectivity index (χ1n) is 13.9. The average molecular weight is 542 g/mol. The Morgan fingerprint density at radius 3 is 1.88 bits per heavy atom. The van der Waals surface area contributed by atoms with Crippen LogP contribution in [-0.4, -0.2) is 0 Å². The maximum atomic E-state index is 9.25. The lowest BCUT2D eigenvalue weighted by Gasteiger charge is -2.18. The molecule has 0 N–H and O–H groups in total. The third kappa shape index (κ3) is 4.86. The van der Waals surface area contributed by atoms with Gasteiger partial charge in [-0.1, -0.05) is 91.0 Å². The minimum absolute atomic E-state index is 0.687. The number of nitriles is 1. The van der Waals surface area contributed by atoms with Crippen LogP contribution in [0.4, 0.5) is 0 Å². The Morgan fingerprint density at radius 2 is 1.12 bits per heavy atom. The molecule has 7 aromatic carbocycles. The zero-order valence-electron chi connectivity index (χ0n) is 22.5. The van der Waals surface area contributed by atoms with E-state index in [-0.39, 0.29) is 0 Å². The standard InChI is InChI=1S/C39H27NS/c40-25-28-14-12-26(13-15-28)21-32-9-5-11-36-37(32)24-33-22-29-6-1-2-7-30(29)23-38(33)39(36)35-10-4-3-8-31(35)20-27-16-18-34(41)19-17-27/h1-19,22-24,41H,20-21H2. The Kier molecular flexibility index (Phi) is 6.51. The molecule has 0 saturated heterocycles. The predicted octanol–water partition coefficient (Wildman–Crippen LogP) is 10.2. The van der Waals surface area contributed by atoms with E-state index in [1.165, 1.54) is 65.7 Å². The molecule has 0 saturated carbocycles. The number of hydrogen-bond donors (Lipinski definition) is 1. The van der Waals surface area contributed by atoms with Crippen molar-refractivity contribution in [3.8, 4) is 17.2 Å². The van der Waals surface area contributed by atoms with E-state index in [1.807, 2.05) is 12.1 Å². The molecule has 1 nitrogen and oxygen atoms in total. The van der Waals surface area contributed by atoms with E-state index < -0.39 is 0 Å². The van der Waals surface area contributed by atoms with Gasteiger partial charge < -0.3 is 0 Å². The first kappa shape index (κ1) is 25.1. The fraction of sp³-hybridized carbons (Fsp3) is 0.0513. The Balaban J connectivity index is 1.49. The molecule has 0 atom stereocenters. The first-order valence-corrected chi connectivity index (χ1v) is 14.3. The fourth-order valence-corrected chi connectivity index (χ4v) is 6.16. The maximum Gasteiger partial charge on any atom is 0.0991 e. The zero-order chi connectivity index (χ0) is 27.8. The van der Waals surface area contributed by atoms with E-state index in [0.29, 0.717) is 5.56 Å². The summed E-state index contributed by atoms with van der Waals surface area (Å²) in [7, 11) is 0. The molecular formula is C39H27NS. The summed E-state index contributed by atoms with van der Waals surface area (Å²) in [6.45, 7) is 0. The van der Waals surface area contributed by atoms with Crippen LogP contribution in [0.2, 0.25) is 0 Å². The van der Waals surface area contributed by atoms with E-state index in [4.69, 9.17) is 0 Å². The number of rotatable bonds is 5. The molecule has 0 radical (unpaired) electrons. The molecule has 2 heteroatoms. The number of nitrogens with zero attached hydrogens (tertiary/aromatic N) is 1. The van der Waals surface area contributed by atoms with Gasteiger partial charge in [-0.05, 0) is 121 Å². The largest absolute Gasteiger partial charge is 0.192 e. The highest BCUT2D eigenvalue weighted by molar-refractivity contribution is 7.80. The van der Waals surface area contributed by atoms with Gasteiger partial charge in [0.2, 0.25) is 0 Å². The topological polar surface area (TPSA) is 23.8 Å². The van der Waals surface area contributed by atoms with Crippen LogP contribution >= 0.6 is 12.6 Å². The summed E-state index contributed by atoms with van der Waals surface area (Å²) in [5.41, 5.74) is 8.29. The number of thiol groups is 1. The molecule has 0 aliphatic carbocycles. The second-order valence-corrected chi connectivity index (χ2v) is 11.2. The molecule has 0 heterocycles. The van der Waals surface area contributed by atoms with Gasteiger partial charge in [0, 0.05) is 4.90 Å². The van der Waals surface area contributed by atoms with E-state index in [0.717, 1.165) is 17.7 Å². The van der Waals surface area contributed by atoms with Crippen LogP contribution in [0.3, 0.4) is 0 Å². The van der Waals surface area contributed by atoms with Crippen LogP contribution < -0.4 is 0 Å². The van der Waals surface area contributed by atoms with Crippen molar-refractivity contribution in [2.24, 2.45) is 0 Å². The summed E-state index contributed by atoms with van der Waals surface area (Å²) in [4.78, 5) is 0.976. The highest BCUT2D eigenvalue weighted by Gasteiger charge is 2.16. The number of hydrogen-bond acceptors (Lipinski definition) is 2. The summed E-state index contributed by atoms with van der Waals surface area (Å²) >= 11 is 4.49. The van der Waals surface area contributed by atoms with E-state index >= 15 is 0 Å². The van der Waals surface area contributed by atoms with Gasteiger partial charge in [-0.15, -0.1) is 12.6 Å². The Hall–Kier alpha value is -4.84. The van der Waals surface area contributed by atoms with Crippen LogP contribution in [0.1, 0.15) is 27.8 Å². The molecule has 194 valence electrons. The van der Waals surface area contributed by atoms with E-state index in [2.05, 4.69) is 140 Å². The zero-order valence-corrected chi connectivity index (χ0v) is 23.4. The average Bonchev–Trinajstić information content (AvgIpc) is 3.01. The quantitative estimate of drug-likeness (QED) is 0.170. The SMILES string of the molecule is N#Cc1ccc(Cc2cccc3c(-c4ccccc4Cc4ccc(S)cc4)c4cc5ccccc5cc4cc23)cc1. The van der Waals surface area contributed by atoms with Gasteiger partial charge in [0.1, 0.15) is 0 Å².